The van der Waals surface area contributed by atoms with Gasteiger partial charge in [-0.2, -0.15) is 9.78 Å². The lowest BCUT2D eigenvalue weighted by Gasteiger charge is -2.22. The minimum atomic E-state index is -0.689. The number of rotatable bonds is 8. The molecule has 1 aliphatic rings. The van der Waals surface area contributed by atoms with Crippen molar-refractivity contribution < 1.29 is 14.3 Å². The van der Waals surface area contributed by atoms with E-state index in [1.165, 1.54) is 11.1 Å². The van der Waals surface area contributed by atoms with E-state index in [0.29, 0.717) is 23.3 Å². The predicted molar refractivity (Wildman–Crippen MR) is 164 cm³/mol. The summed E-state index contributed by atoms with van der Waals surface area (Å²) in [6, 6.07) is 15.3. The van der Waals surface area contributed by atoms with E-state index in [4.69, 9.17) is 19.6 Å². The number of esters is 1. The van der Waals surface area contributed by atoms with Crippen LogP contribution in [0.25, 0.3) is 16.6 Å². The lowest BCUT2D eigenvalue weighted by atomic mass is 9.88. The average Bonchev–Trinajstić information content (AvgIpc) is 3.26. The Morgan fingerprint density at radius 2 is 1.85 bits per heavy atom. The zero-order valence-corrected chi connectivity index (χ0v) is 25.5. The number of aromatic nitrogens is 3. The van der Waals surface area contributed by atoms with E-state index in [9.17, 15) is 9.59 Å². The molecule has 214 valence electrons. The third kappa shape index (κ3) is 6.15. The highest BCUT2D eigenvalue weighted by atomic mass is 79.9. The normalized spacial score (nSPS) is 15.0. The van der Waals surface area contributed by atoms with Crippen LogP contribution < -0.4 is 10.3 Å². The summed E-state index contributed by atoms with van der Waals surface area (Å²) in [6.45, 7) is 7.82. The van der Waals surface area contributed by atoms with Gasteiger partial charge in [0.05, 0.1) is 23.7 Å². The number of fused-ring (bicyclic) bond motifs is 1. The Morgan fingerprint density at radius 3 is 2.56 bits per heavy atom. The van der Waals surface area contributed by atoms with Crippen LogP contribution in [-0.2, 0) is 9.53 Å². The number of carbonyl (C=O) groups is 1. The highest BCUT2D eigenvalue weighted by Crippen LogP contribution is 2.32. The summed E-state index contributed by atoms with van der Waals surface area (Å²) in [6.07, 6.45) is 6.58. The Hall–Kier alpha value is -3.72. The molecule has 2 aromatic carbocycles. The second-order valence-electron chi connectivity index (χ2n) is 10.5. The first-order chi connectivity index (χ1) is 19.8. The molecule has 9 heteroatoms. The van der Waals surface area contributed by atoms with Crippen LogP contribution in [0.3, 0.4) is 0 Å². The predicted octanol–water partition coefficient (Wildman–Crippen LogP) is 6.83. The monoisotopic (exact) mass is 618 g/mol. The van der Waals surface area contributed by atoms with Crippen molar-refractivity contribution in [2.45, 2.75) is 71.8 Å². The summed E-state index contributed by atoms with van der Waals surface area (Å²) >= 11 is 3.49. The SMILES string of the molecule is CCOC(=O)[C@@H](C)Oc1ccc(-n2c(C)cc(C=Nn3c(C4CCCCC4)nc4ccc(Br)cc4c3=O)c2C)cc1. The molecule has 0 aliphatic heterocycles. The van der Waals surface area contributed by atoms with Gasteiger partial charge in [0.2, 0.25) is 0 Å². The molecule has 0 saturated heterocycles. The molecule has 0 unspecified atom stereocenters. The smallest absolute Gasteiger partial charge is 0.347 e. The van der Waals surface area contributed by atoms with Gasteiger partial charge in [0.15, 0.2) is 6.10 Å². The third-order valence-electron chi connectivity index (χ3n) is 7.61. The van der Waals surface area contributed by atoms with E-state index < -0.39 is 12.1 Å². The number of hydrogen-bond acceptors (Lipinski definition) is 6. The summed E-state index contributed by atoms with van der Waals surface area (Å²) in [5.74, 6) is 1.14. The molecule has 1 atom stereocenters. The van der Waals surface area contributed by atoms with E-state index in [1.54, 1.807) is 20.1 Å². The zero-order valence-electron chi connectivity index (χ0n) is 23.9. The van der Waals surface area contributed by atoms with Crippen LogP contribution in [0.5, 0.6) is 5.75 Å². The number of ether oxygens (including phenoxy) is 2. The van der Waals surface area contributed by atoms with Gasteiger partial charge < -0.3 is 14.0 Å². The number of benzene rings is 2. The van der Waals surface area contributed by atoms with E-state index in [1.807, 2.05) is 56.3 Å². The maximum absolute atomic E-state index is 13.7. The first-order valence-corrected chi connectivity index (χ1v) is 15.0. The van der Waals surface area contributed by atoms with Gasteiger partial charge in [-0.3, -0.25) is 4.79 Å². The third-order valence-corrected chi connectivity index (χ3v) is 8.11. The highest BCUT2D eigenvalue weighted by Gasteiger charge is 2.23. The molecule has 0 bridgehead atoms. The Balaban J connectivity index is 1.46. The second-order valence-corrected chi connectivity index (χ2v) is 11.4. The Labute approximate surface area is 248 Å². The van der Waals surface area contributed by atoms with E-state index in [0.717, 1.165) is 58.6 Å². The molecule has 0 amide bonds. The number of nitrogens with zero attached hydrogens (tertiary/aromatic N) is 4. The van der Waals surface area contributed by atoms with Gasteiger partial charge in [0.25, 0.3) is 5.56 Å². The lowest BCUT2D eigenvalue weighted by Crippen LogP contribution is -2.26. The van der Waals surface area contributed by atoms with Crippen molar-refractivity contribution in [1.29, 1.82) is 0 Å². The Kier molecular flexibility index (Phi) is 8.73. The van der Waals surface area contributed by atoms with Crippen molar-refractivity contribution >= 4 is 39.0 Å². The topological polar surface area (TPSA) is 87.7 Å². The van der Waals surface area contributed by atoms with Crippen molar-refractivity contribution in [3.63, 3.8) is 0 Å². The molecule has 1 saturated carbocycles. The molecular formula is C32H35BrN4O4. The van der Waals surface area contributed by atoms with Crippen LogP contribution in [0.15, 0.2) is 62.9 Å². The van der Waals surface area contributed by atoms with E-state index in [-0.39, 0.29) is 11.5 Å². The van der Waals surface area contributed by atoms with E-state index in [2.05, 4.69) is 26.6 Å². The Morgan fingerprint density at radius 1 is 1.12 bits per heavy atom. The molecule has 1 fully saturated rings. The molecule has 2 aromatic heterocycles. The van der Waals surface area contributed by atoms with Crippen LogP contribution >= 0.6 is 15.9 Å². The summed E-state index contributed by atoms with van der Waals surface area (Å²) in [4.78, 5) is 30.5. The lowest BCUT2D eigenvalue weighted by molar-refractivity contribution is -0.150. The van der Waals surface area contributed by atoms with Crippen molar-refractivity contribution in [1.82, 2.24) is 14.2 Å². The first-order valence-electron chi connectivity index (χ1n) is 14.2. The largest absolute Gasteiger partial charge is 0.479 e. The summed E-state index contributed by atoms with van der Waals surface area (Å²) < 4.78 is 15.2. The van der Waals surface area contributed by atoms with Crippen LogP contribution in [0.1, 0.15) is 74.6 Å². The van der Waals surface area contributed by atoms with Gasteiger partial charge in [0, 0.05) is 33.0 Å². The molecule has 0 spiro atoms. The number of aryl methyl sites for hydroxylation is 1. The molecule has 41 heavy (non-hydrogen) atoms. The van der Waals surface area contributed by atoms with Gasteiger partial charge in [-0.15, -0.1) is 0 Å². The van der Waals surface area contributed by atoms with Gasteiger partial charge in [-0.1, -0.05) is 35.2 Å². The number of hydrogen-bond donors (Lipinski definition) is 0. The summed E-state index contributed by atoms with van der Waals surface area (Å²) in [5, 5.41) is 5.29. The fraction of sp³-hybridized carbons (Fsp3) is 0.375. The van der Waals surface area contributed by atoms with Gasteiger partial charge in [-0.25, -0.2) is 9.78 Å². The zero-order chi connectivity index (χ0) is 29.1. The highest BCUT2D eigenvalue weighted by molar-refractivity contribution is 9.10. The molecule has 4 aromatic rings. The maximum atomic E-state index is 13.7. The fourth-order valence-electron chi connectivity index (χ4n) is 5.52. The fourth-order valence-corrected chi connectivity index (χ4v) is 5.88. The summed E-state index contributed by atoms with van der Waals surface area (Å²) in [7, 11) is 0. The standard InChI is InChI=1S/C32H35BrN4O4/c1-5-40-32(39)22(4)41-27-14-12-26(13-15-27)36-20(2)17-24(21(36)3)19-34-37-30(23-9-7-6-8-10-23)35-29-16-11-25(33)18-28(29)31(37)38/h11-19,22-23H,5-10H2,1-4H3/t22-/m1/s1. The summed E-state index contributed by atoms with van der Waals surface area (Å²) in [5.41, 5.74) is 4.42. The van der Waals surface area contributed by atoms with Gasteiger partial charge in [0.1, 0.15) is 11.6 Å². The number of halogens is 1. The Bertz CT molecular complexity index is 1650. The number of carbonyl (C=O) groups excluding carboxylic acids is 1. The average molecular weight is 620 g/mol. The second kappa shape index (κ2) is 12.4. The molecule has 0 radical (unpaired) electrons. The minimum absolute atomic E-state index is 0.158. The van der Waals surface area contributed by atoms with Crippen LogP contribution in [0.2, 0.25) is 0 Å². The van der Waals surface area contributed by atoms with Crippen LogP contribution in [0.4, 0.5) is 0 Å². The first kappa shape index (κ1) is 28.8. The van der Waals surface area contributed by atoms with Crippen molar-refractivity contribution in [2.75, 3.05) is 6.61 Å². The van der Waals surface area contributed by atoms with Gasteiger partial charge in [-0.05, 0) is 89.1 Å². The molecule has 1 aliphatic carbocycles. The molecule has 0 N–H and O–H groups in total. The van der Waals surface area contributed by atoms with Gasteiger partial charge >= 0.3 is 5.97 Å². The van der Waals surface area contributed by atoms with Crippen LogP contribution in [0, 0.1) is 13.8 Å². The van der Waals surface area contributed by atoms with Crippen LogP contribution in [-0.4, -0.2) is 39.1 Å². The quantitative estimate of drug-likeness (QED) is 0.160. The van der Waals surface area contributed by atoms with E-state index >= 15 is 0 Å². The van der Waals surface area contributed by atoms with Crippen molar-refractivity contribution in [2.24, 2.45) is 5.10 Å². The molecule has 8 nitrogen and oxygen atoms in total. The van der Waals surface area contributed by atoms with Crippen molar-refractivity contribution in [3.05, 3.63) is 86.1 Å². The molecular weight excluding hydrogens is 584 g/mol. The molecule has 2 heterocycles. The molecule has 5 rings (SSSR count). The minimum Gasteiger partial charge on any atom is -0.479 e. The maximum Gasteiger partial charge on any atom is 0.347 e. The van der Waals surface area contributed by atoms with Crippen molar-refractivity contribution in [3.8, 4) is 11.4 Å².